The Balaban J connectivity index is 1.50. The number of rotatable bonds is 5. The van der Waals surface area contributed by atoms with E-state index in [0.29, 0.717) is 10.8 Å². The van der Waals surface area contributed by atoms with Crippen molar-refractivity contribution in [3.05, 3.63) is 35.5 Å². The van der Waals surface area contributed by atoms with E-state index in [1.807, 2.05) is 0 Å². The van der Waals surface area contributed by atoms with Gasteiger partial charge in [0.25, 0.3) is 0 Å². The van der Waals surface area contributed by atoms with Crippen molar-refractivity contribution < 1.29 is 0 Å². The summed E-state index contributed by atoms with van der Waals surface area (Å²) in [7, 11) is 0. The summed E-state index contributed by atoms with van der Waals surface area (Å²) in [4.78, 5) is 0. The van der Waals surface area contributed by atoms with E-state index in [1.165, 1.54) is 82.6 Å². The maximum absolute atomic E-state index is 4.47. The topological polar surface area (TPSA) is 0 Å². The van der Waals surface area contributed by atoms with E-state index in [0.717, 1.165) is 23.7 Å². The summed E-state index contributed by atoms with van der Waals surface area (Å²) in [6.45, 7) is 14.6. The van der Waals surface area contributed by atoms with Gasteiger partial charge >= 0.3 is 0 Å². The molecule has 4 rings (SSSR count). The highest BCUT2D eigenvalue weighted by Crippen LogP contribution is 2.62. The largest absolute Gasteiger partial charge is 0.0953 e. The number of hydrogen-bond acceptors (Lipinski definition) is 0. The van der Waals surface area contributed by atoms with Crippen LogP contribution >= 0.6 is 0 Å². The Morgan fingerprint density at radius 3 is 2.54 bits per heavy atom. The molecule has 0 saturated heterocycles. The molecule has 156 valence electrons. The van der Waals surface area contributed by atoms with Gasteiger partial charge in [0.2, 0.25) is 0 Å². The zero-order valence-electron chi connectivity index (χ0n) is 19.2. The minimum Gasteiger partial charge on any atom is -0.0953 e. The Morgan fingerprint density at radius 1 is 1.04 bits per heavy atom. The van der Waals surface area contributed by atoms with Crippen LogP contribution in [0, 0.1) is 34.5 Å². The molecule has 0 bridgehead atoms. The van der Waals surface area contributed by atoms with Crippen molar-refractivity contribution in [3.8, 4) is 0 Å². The smallest absolute Gasteiger partial charge is 0.0143 e. The van der Waals surface area contributed by atoms with Gasteiger partial charge in [-0.05, 0) is 123 Å². The SMILES string of the molecule is C=C1/C(=C\C=C2/CCC[C@]3(C)[C@@H]([C@H](C)CC4(C)CC4)CC[C@@H]23)CCCC1CC. The van der Waals surface area contributed by atoms with Crippen LogP contribution in [0.15, 0.2) is 35.5 Å². The Kier molecular flexibility index (Phi) is 5.71. The third-order valence-corrected chi connectivity index (χ3v) is 9.54. The predicted molar refractivity (Wildman–Crippen MR) is 122 cm³/mol. The number of hydrogen-bond donors (Lipinski definition) is 0. The van der Waals surface area contributed by atoms with Gasteiger partial charge in [-0.15, -0.1) is 0 Å². The average Bonchev–Trinajstić information content (AvgIpc) is 3.27. The Labute approximate surface area is 175 Å². The molecular weight excluding hydrogens is 336 g/mol. The fraction of sp³-hybridized carbons (Fsp3) is 0.786. The third-order valence-electron chi connectivity index (χ3n) is 9.54. The number of fused-ring (bicyclic) bond motifs is 1. The molecule has 0 radical (unpaired) electrons. The lowest BCUT2D eigenvalue weighted by molar-refractivity contribution is 0.0865. The summed E-state index contributed by atoms with van der Waals surface area (Å²) in [5.74, 6) is 3.43. The minimum atomic E-state index is 0.558. The van der Waals surface area contributed by atoms with Crippen LogP contribution in [0.4, 0.5) is 0 Å². The molecule has 1 unspecified atom stereocenters. The summed E-state index contributed by atoms with van der Waals surface area (Å²) in [5, 5.41) is 0. The third kappa shape index (κ3) is 3.82. The van der Waals surface area contributed by atoms with Crippen LogP contribution in [0.25, 0.3) is 0 Å². The van der Waals surface area contributed by atoms with Crippen molar-refractivity contribution in [1.82, 2.24) is 0 Å². The number of allylic oxidation sites excluding steroid dienone is 5. The van der Waals surface area contributed by atoms with E-state index in [-0.39, 0.29) is 0 Å². The molecule has 4 saturated carbocycles. The van der Waals surface area contributed by atoms with Gasteiger partial charge < -0.3 is 0 Å². The van der Waals surface area contributed by atoms with Gasteiger partial charge in [-0.1, -0.05) is 52.0 Å². The van der Waals surface area contributed by atoms with Gasteiger partial charge in [0.05, 0.1) is 0 Å². The summed E-state index contributed by atoms with van der Waals surface area (Å²) in [6.07, 6.45) is 21.8. The second-order valence-electron chi connectivity index (χ2n) is 11.5. The van der Waals surface area contributed by atoms with Crippen LogP contribution in [0.1, 0.15) is 105 Å². The Bertz CT molecular complexity index is 658. The lowest BCUT2D eigenvalue weighted by Gasteiger charge is -2.45. The molecule has 0 aliphatic heterocycles. The van der Waals surface area contributed by atoms with E-state index in [1.54, 1.807) is 11.1 Å². The van der Waals surface area contributed by atoms with Crippen molar-refractivity contribution in [2.24, 2.45) is 34.5 Å². The van der Waals surface area contributed by atoms with E-state index in [9.17, 15) is 0 Å². The quantitative estimate of drug-likeness (QED) is 0.447. The molecule has 4 aliphatic carbocycles. The van der Waals surface area contributed by atoms with Crippen molar-refractivity contribution >= 4 is 0 Å². The van der Waals surface area contributed by atoms with Crippen molar-refractivity contribution in [1.29, 1.82) is 0 Å². The van der Waals surface area contributed by atoms with Crippen LogP contribution < -0.4 is 0 Å². The summed E-state index contributed by atoms with van der Waals surface area (Å²) in [6, 6.07) is 0. The van der Waals surface area contributed by atoms with Crippen LogP contribution in [0.2, 0.25) is 0 Å². The Morgan fingerprint density at radius 2 is 1.82 bits per heavy atom. The molecule has 0 nitrogen and oxygen atoms in total. The minimum absolute atomic E-state index is 0.558. The molecule has 0 N–H and O–H groups in total. The highest BCUT2D eigenvalue weighted by Gasteiger charge is 2.52. The highest BCUT2D eigenvalue weighted by atomic mass is 14.6. The van der Waals surface area contributed by atoms with Gasteiger partial charge in [0.15, 0.2) is 0 Å². The normalized spacial score (nSPS) is 41.3. The summed E-state index contributed by atoms with van der Waals surface area (Å²) in [5.41, 5.74) is 6.04. The van der Waals surface area contributed by atoms with E-state index in [4.69, 9.17) is 0 Å². The molecule has 0 spiro atoms. The fourth-order valence-electron chi connectivity index (χ4n) is 7.54. The second kappa shape index (κ2) is 7.81. The van der Waals surface area contributed by atoms with E-state index >= 15 is 0 Å². The monoisotopic (exact) mass is 380 g/mol. The molecule has 0 heterocycles. The van der Waals surface area contributed by atoms with Gasteiger partial charge in [-0.3, -0.25) is 0 Å². The zero-order chi connectivity index (χ0) is 19.9. The summed E-state index contributed by atoms with van der Waals surface area (Å²) < 4.78 is 0. The van der Waals surface area contributed by atoms with Crippen molar-refractivity contribution in [2.45, 2.75) is 105 Å². The average molecular weight is 381 g/mol. The molecule has 5 atom stereocenters. The van der Waals surface area contributed by atoms with Crippen LogP contribution in [0.3, 0.4) is 0 Å². The Hall–Kier alpha value is -0.780. The molecule has 0 aromatic heterocycles. The van der Waals surface area contributed by atoms with Crippen LogP contribution in [0.5, 0.6) is 0 Å². The fourth-order valence-corrected chi connectivity index (χ4v) is 7.54. The molecular formula is C28H44. The van der Waals surface area contributed by atoms with E-state index < -0.39 is 0 Å². The zero-order valence-corrected chi connectivity index (χ0v) is 19.2. The van der Waals surface area contributed by atoms with Crippen molar-refractivity contribution in [2.75, 3.05) is 0 Å². The molecule has 0 amide bonds. The van der Waals surface area contributed by atoms with E-state index in [2.05, 4.69) is 46.4 Å². The lowest BCUT2D eigenvalue weighted by atomic mass is 9.60. The highest BCUT2D eigenvalue weighted by molar-refractivity contribution is 5.37. The molecule has 0 aromatic carbocycles. The first-order valence-corrected chi connectivity index (χ1v) is 12.4. The predicted octanol–water partition coefficient (Wildman–Crippen LogP) is 8.65. The van der Waals surface area contributed by atoms with Crippen molar-refractivity contribution in [3.63, 3.8) is 0 Å². The maximum atomic E-state index is 4.47. The molecule has 0 heteroatoms. The van der Waals surface area contributed by atoms with Gasteiger partial charge in [-0.2, -0.15) is 0 Å². The first-order chi connectivity index (χ1) is 13.4. The van der Waals surface area contributed by atoms with Gasteiger partial charge in [-0.25, -0.2) is 0 Å². The van der Waals surface area contributed by atoms with Crippen LogP contribution in [-0.2, 0) is 0 Å². The first-order valence-electron chi connectivity index (χ1n) is 12.4. The molecule has 4 aliphatic rings. The van der Waals surface area contributed by atoms with Gasteiger partial charge in [0, 0.05) is 0 Å². The first kappa shape index (κ1) is 20.5. The second-order valence-corrected chi connectivity index (χ2v) is 11.5. The molecule has 4 fully saturated rings. The van der Waals surface area contributed by atoms with Crippen LogP contribution in [-0.4, -0.2) is 0 Å². The molecule has 0 aromatic rings. The lowest BCUT2D eigenvalue weighted by Crippen LogP contribution is -2.36. The molecule has 28 heavy (non-hydrogen) atoms. The maximum Gasteiger partial charge on any atom is -0.0143 e. The standard InChI is InChI=1S/C28H44/c1-6-22-9-7-10-23(21(22)3)12-13-24-11-8-16-28(5)25(14-15-26(24)28)20(2)19-27(4)17-18-27/h12-13,20,22,25-26H,3,6-11,14-19H2,1-2,4-5H3/b23-12-,24-13+/t20-,22?,25-,26+,28-/m1/s1. The summed E-state index contributed by atoms with van der Waals surface area (Å²) >= 11 is 0. The van der Waals surface area contributed by atoms with Gasteiger partial charge in [0.1, 0.15) is 0 Å².